The minimum absolute atomic E-state index is 0.170. The third kappa shape index (κ3) is 2.27. The number of rotatable bonds is 5. The van der Waals surface area contributed by atoms with Crippen molar-refractivity contribution < 1.29 is 9.59 Å². The lowest BCUT2D eigenvalue weighted by Crippen LogP contribution is -2.47. The van der Waals surface area contributed by atoms with E-state index in [-0.39, 0.29) is 11.9 Å². The average Bonchev–Trinajstić information content (AvgIpc) is 2.42. The largest absolute Gasteiger partial charge is 0.325 e. The van der Waals surface area contributed by atoms with E-state index in [1.807, 2.05) is 13.8 Å². The van der Waals surface area contributed by atoms with Crippen molar-refractivity contribution in [2.24, 2.45) is 0 Å². The minimum Gasteiger partial charge on any atom is -0.309 e. The van der Waals surface area contributed by atoms with Gasteiger partial charge in [-0.05, 0) is 19.1 Å². The number of thioether (sulfide) groups is 1. The molecule has 1 rings (SSSR count). The van der Waals surface area contributed by atoms with Gasteiger partial charge in [-0.1, -0.05) is 13.8 Å². The summed E-state index contributed by atoms with van der Waals surface area (Å²) in [7, 11) is 0. The number of hydrogen-bond acceptors (Lipinski definition) is 3. The number of carbonyl (C=O) groups excluding carboxylic acids is 2. The van der Waals surface area contributed by atoms with Crippen LogP contribution in [0, 0.1) is 0 Å². The van der Waals surface area contributed by atoms with Gasteiger partial charge >= 0.3 is 6.03 Å². The molecule has 1 unspecified atom stereocenters. The smallest absolute Gasteiger partial charge is 0.309 e. The SMILES string of the molecule is CCSCCN1C(=O)NC(=O)C1(C)CC. The molecule has 0 aromatic rings. The number of nitrogens with zero attached hydrogens (tertiary/aromatic N) is 1. The van der Waals surface area contributed by atoms with Gasteiger partial charge in [0.25, 0.3) is 5.91 Å². The highest BCUT2D eigenvalue weighted by Gasteiger charge is 2.47. The molecular weight excluding hydrogens is 212 g/mol. The minimum atomic E-state index is -0.647. The zero-order valence-corrected chi connectivity index (χ0v) is 10.3. The van der Waals surface area contributed by atoms with Gasteiger partial charge in [-0.3, -0.25) is 10.1 Å². The van der Waals surface area contributed by atoms with Crippen molar-refractivity contribution in [1.82, 2.24) is 10.2 Å². The van der Waals surface area contributed by atoms with Crippen LogP contribution in [-0.4, -0.2) is 40.4 Å². The third-order valence-corrected chi connectivity index (χ3v) is 3.78. The standard InChI is InChI=1S/C10H18N2O2S/c1-4-10(3)8(13)11-9(14)12(10)6-7-15-5-2/h4-7H2,1-3H3,(H,11,13,14). The fourth-order valence-corrected chi connectivity index (χ4v) is 2.25. The first-order valence-corrected chi connectivity index (χ1v) is 6.42. The molecule has 1 heterocycles. The van der Waals surface area contributed by atoms with E-state index >= 15 is 0 Å². The zero-order chi connectivity index (χ0) is 11.5. The van der Waals surface area contributed by atoms with Crippen molar-refractivity contribution in [2.75, 3.05) is 18.1 Å². The fraction of sp³-hybridized carbons (Fsp3) is 0.800. The molecule has 0 aliphatic carbocycles. The van der Waals surface area contributed by atoms with Crippen LogP contribution in [0.1, 0.15) is 27.2 Å². The van der Waals surface area contributed by atoms with Crippen LogP contribution < -0.4 is 5.32 Å². The van der Waals surface area contributed by atoms with Crippen LogP contribution in [0.25, 0.3) is 0 Å². The predicted molar refractivity (Wildman–Crippen MR) is 61.9 cm³/mol. The summed E-state index contributed by atoms with van der Waals surface area (Å²) in [6, 6.07) is -0.249. The average molecular weight is 230 g/mol. The van der Waals surface area contributed by atoms with Gasteiger partial charge < -0.3 is 4.90 Å². The van der Waals surface area contributed by atoms with Crippen molar-refractivity contribution in [3.05, 3.63) is 0 Å². The second-order valence-electron chi connectivity index (χ2n) is 3.74. The maximum Gasteiger partial charge on any atom is 0.325 e. The summed E-state index contributed by atoms with van der Waals surface area (Å²) in [4.78, 5) is 24.8. The first-order chi connectivity index (χ1) is 7.06. The summed E-state index contributed by atoms with van der Waals surface area (Å²) in [5.74, 6) is 1.75. The highest BCUT2D eigenvalue weighted by atomic mass is 32.2. The van der Waals surface area contributed by atoms with Crippen molar-refractivity contribution in [1.29, 1.82) is 0 Å². The lowest BCUT2D eigenvalue weighted by Gasteiger charge is -2.30. The van der Waals surface area contributed by atoms with Gasteiger partial charge in [0, 0.05) is 12.3 Å². The molecule has 0 aromatic carbocycles. The molecular formula is C10H18N2O2S. The van der Waals surface area contributed by atoms with E-state index < -0.39 is 5.54 Å². The third-order valence-electron chi connectivity index (χ3n) is 2.90. The maximum atomic E-state index is 11.6. The number of urea groups is 1. The normalized spacial score (nSPS) is 25.9. The Kier molecular flexibility index (Phi) is 4.02. The molecule has 0 radical (unpaired) electrons. The number of hydrogen-bond donors (Lipinski definition) is 1. The van der Waals surface area contributed by atoms with Crippen LogP contribution in [0.5, 0.6) is 0 Å². The molecule has 1 fully saturated rings. The molecule has 0 bridgehead atoms. The number of imide groups is 1. The molecule has 1 saturated heterocycles. The van der Waals surface area contributed by atoms with Crippen molar-refractivity contribution in [3.8, 4) is 0 Å². The molecule has 15 heavy (non-hydrogen) atoms. The molecule has 1 N–H and O–H groups in total. The Hall–Kier alpha value is -0.710. The van der Waals surface area contributed by atoms with Crippen LogP contribution in [0.15, 0.2) is 0 Å². The van der Waals surface area contributed by atoms with Crippen LogP contribution in [-0.2, 0) is 4.79 Å². The Morgan fingerprint density at radius 3 is 2.60 bits per heavy atom. The van der Waals surface area contributed by atoms with E-state index in [9.17, 15) is 9.59 Å². The Morgan fingerprint density at radius 1 is 1.40 bits per heavy atom. The maximum absolute atomic E-state index is 11.6. The molecule has 1 atom stereocenters. The molecule has 5 heteroatoms. The van der Waals surface area contributed by atoms with Gasteiger partial charge in [-0.2, -0.15) is 11.8 Å². The Labute approximate surface area is 94.8 Å². The molecule has 0 saturated carbocycles. The summed E-state index contributed by atoms with van der Waals surface area (Å²) in [5.41, 5.74) is -0.647. The number of amides is 3. The van der Waals surface area contributed by atoms with Gasteiger partial charge in [0.05, 0.1) is 0 Å². The number of carbonyl (C=O) groups is 2. The van der Waals surface area contributed by atoms with Gasteiger partial charge in [-0.25, -0.2) is 4.79 Å². The van der Waals surface area contributed by atoms with Crippen LogP contribution in [0.3, 0.4) is 0 Å². The highest BCUT2D eigenvalue weighted by Crippen LogP contribution is 2.25. The van der Waals surface area contributed by atoms with Crippen LogP contribution >= 0.6 is 11.8 Å². The second kappa shape index (κ2) is 4.88. The summed E-state index contributed by atoms with van der Waals surface area (Å²) < 4.78 is 0. The monoisotopic (exact) mass is 230 g/mol. The molecule has 1 aliphatic heterocycles. The Bertz CT molecular complexity index is 270. The molecule has 1 aliphatic rings. The van der Waals surface area contributed by atoms with Crippen molar-refractivity contribution in [3.63, 3.8) is 0 Å². The molecule has 4 nitrogen and oxygen atoms in total. The van der Waals surface area contributed by atoms with Gasteiger partial charge in [0.15, 0.2) is 0 Å². The zero-order valence-electron chi connectivity index (χ0n) is 9.50. The lowest BCUT2D eigenvalue weighted by atomic mass is 9.98. The Balaban J connectivity index is 2.67. The highest BCUT2D eigenvalue weighted by molar-refractivity contribution is 7.99. The van der Waals surface area contributed by atoms with Crippen LogP contribution in [0.2, 0.25) is 0 Å². The quantitative estimate of drug-likeness (QED) is 0.574. The predicted octanol–water partition coefficient (Wildman–Crippen LogP) is 1.46. The molecule has 86 valence electrons. The lowest BCUT2D eigenvalue weighted by molar-refractivity contribution is -0.125. The van der Waals surface area contributed by atoms with E-state index in [1.54, 1.807) is 16.7 Å². The van der Waals surface area contributed by atoms with E-state index in [0.717, 1.165) is 11.5 Å². The van der Waals surface area contributed by atoms with Gasteiger partial charge in [0.1, 0.15) is 5.54 Å². The molecule has 3 amide bonds. The summed E-state index contributed by atoms with van der Waals surface area (Å²) in [6.07, 6.45) is 0.654. The van der Waals surface area contributed by atoms with E-state index in [2.05, 4.69) is 12.2 Å². The molecule has 0 aromatic heterocycles. The number of nitrogens with one attached hydrogen (secondary N) is 1. The van der Waals surface area contributed by atoms with Crippen molar-refractivity contribution >= 4 is 23.7 Å². The first kappa shape index (κ1) is 12.4. The summed E-state index contributed by atoms with van der Waals surface area (Å²) in [5, 5.41) is 2.37. The van der Waals surface area contributed by atoms with Gasteiger partial charge in [0.2, 0.25) is 0 Å². The van der Waals surface area contributed by atoms with E-state index in [1.165, 1.54) is 0 Å². The van der Waals surface area contributed by atoms with E-state index in [0.29, 0.717) is 13.0 Å². The topological polar surface area (TPSA) is 49.4 Å². The van der Waals surface area contributed by atoms with Gasteiger partial charge in [-0.15, -0.1) is 0 Å². The summed E-state index contributed by atoms with van der Waals surface area (Å²) in [6.45, 7) is 6.47. The van der Waals surface area contributed by atoms with Crippen LogP contribution in [0.4, 0.5) is 4.79 Å². The summed E-state index contributed by atoms with van der Waals surface area (Å²) >= 11 is 1.78. The second-order valence-corrected chi connectivity index (χ2v) is 5.13. The fourth-order valence-electron chi connectivity index (χ4n) is 1.65. The molecule has 0 spiro atoms. The Morgan fingerprint density at radius 2 is 2.07 bits per heavy atom. The first-order valence-electron chi connectivity index (χ1n) is 5.27. The van der Waals surface area contributed by atoms with Crippen molar-refractivity contribution in [2.45, 2.75) is 32.7 Å². The van der Waals surface area contributed by atoms with E-state index in [4.69, 9.17) is 0 Å².